The van der Waals surface area contributed by atoms with E-state index in [2.05, 4.69) is 172 Å². The molecule has 55 heavy (non-hydrogen) atoms. The average molecular weight is 703 g/mol. The van der Waals surface area contributed by atoms with Gasteiger partial charge in [0.2, 0.25) is 0 Å². The maximum absolute atomic E-state index is 5.02. The molecule has 1 aliphatic carbocycles. The van der Waals surface area contributed by atoms with E-state index in [1.54, 1.807) is 0 Å². The van der Waals surface area contributed by atoms with Crippen molar-refractivity contribution in [2.24, 2.45) is 0 Å². The number of aromatic nitrogens is 2. The lowest BCUT2D eigenvalue weighted by molar-refractivity contribution is 0.661. The van der Waals surface area contributed by atoms with E-state index in [-0.39, 0.29) is 5.41 Å². The number of hydrogen-bond donors (Lipinski definition) is 0. The average Bonchev–Trinajstić information content (AvgIpc) is 3.48. The van der Waals surface area contributed by atoms with Crippen molar-refractivity contribution in [1.82, 2.24) is 9.97 Å². The van der Waals surface area contributed by atoms with E-state index in [9.17, 15) is 0 Å². The van der Waals surface area contributed by atoms with Crippen LogP contribution in [0, 0.1) is 0 Å². The van der Waals surface area contributed by atoms with Crippen LogP contribution in [0.1, 0.15) is 25.0 Å². The van der Waals surface area contributed by atoms with Crippen molar-refractivity contribution in [3.63, 3.8) is 0 Å². The predicted molar refractivity (Wildman–Crippen MR) is 230 cm³/mol. The van der Waals surface area contributed by atoms with Crippen molar-refractivity contribution in [3.8, 4) is 78.4 Å². The van der Waals surface area contributed by atoms with Gasteiger partial charge < -0.3 is 0 Å². The van der Waals surface area contributed by atoms with Crippen LogP contribution in [0.2, 0.25) is 0 Å². The van der Waals surface area contributed by atoms with E-state index < -0.39 is 0 Å². The molecule has 1 aliphatic rings. The number of rotatable bonds is 6. The third-order valence-electron chi connectivity index (χ3n) is 11.3. The first-order chi connectivity index (χ1) is 27.0. The Morgan fingerprint density at radius 1 is 0.345 bits per heavy atom. The molecule has 0 fully saturated rings. The molecular weight excluding hydrogens is 665 g/mol. The molecule has 0 aliphatic heterocycles. The topological polar surface area (TPSA) is 25.8 Å². The molecule has 0 unspecified atom stereocenters. The first-order valence-electron chi connectivity index (χ1n) is 19.0. The summed E-state index contributed by atoms with van der Waals surface area (Å²) in [5.41, 5.74) is 17.6. The zero-order valence-electron chi connectivity index (χ0n) is 30.9. The molecule has 0 saturated heterocycles. The lowest BCUT2D eigenvalue weighted by atomic mass is 9.80. The normalized spacial score (nSPS) is 12.7. The van der Waals surface area contributed by atoms with Gasteiger partial charge in [-0.1, -0.05) is 190 Å². The van der Waals surface area contributed by atoms with Gasteiger partial charge in [0.1, 0.15) is 0 Å². The van der Waals surface area contributed by atoms with Crippen molar-refractivity contribution in [2.75, 3.05) is 0 Å². The molecule has 0 bridgehead atoms. The number of nitrogens with zero attached hydrogens (tertiary/aromatic N) is 2. The van der Waals surface area contributed by atoms with Crippen molar-refractivity contribution in [1.29, 1.82) is 0 Å². The Labute approximate surface area is 322 Å². The summed E-state index contributed by atoms with van der Waals surface area (Å²) >= 11 is 0. The van der Waals surface area contributed by atoms with Crippen molar-refractivity contribution in [3.05, 3.63) is 205 Å². The largest absolute Gasteiger partial charge is 0.228 e. The van der Waals surface area contributed by atoms with Gasteiger partial charge in [0, 0.05) is 22.1 Å². The molecule has 260 valence electrons. The predicted octanol–water partition coefficient (Wildman–Crippen LogP) is 13.9. The Morgan fingerprint density at radius 2 is 0.818 bits per heavy atom. The standard InChI is InChI=1S/C53H38N2/c1-53(2)46-32-42(30-31-45(46)51-47(53)33-43-20-12-13-21-44(43)50(51)40-18-10-5-11-19-40)37-24-22-35(23-25-37)36-26-28-41(29-27-36)52-54-48(38-14-6-3-7-15-38)34-49(55-52)39-16-8-4-9-17-39/h3-34H,1-2H3. The summed E-state index contributed by atoms with van der Waals surface area (Å²) in [6.07, 6.45) is 0. The Morgan fingerprint density at radius 3 is 1.40 bits per heavy atom. The summed E-state index contributed by atoms with van der Waals surface area (Å²) in [6, 6.07) is 69.5. The summed E-state index contributed by atoms with van der Waals surface area (Å²) in [4.78, 5) is 10.0. The fourth-order valence-electron chi connectivity index (χ4n) is 8.39. The first kappa shape index (κ1) is 32.7. The molecule has 1 aromatic heterocycles. The summed E-state index contributed by atoms with van der Waals surface area (Å²) in [5.74, 6) is 0.716. The smallest absolute Gasteiger partial charge is 0.160 e. The minimum atomic E-state index is -0.137. The molecular formula is C53H38N2. The fourth-order valence-corrected chi connectivity index (χ4v) is 8.39. The van der Waals surface area contributed by atoms with Gasteiger partial charge in [-0.15, -0.1) is 0 Å². The van der Waals surface area contributed by atoms with Crippen LogP contribution >= 0.6 is 0 Å². The SMILES string of the molecule is CC1(C)c2cc(-c3ccc(-c4ccc(-c5nc(-c6ccccc6)cc(-c6ccccc6)n5)cc4)cc3)ccc2-c2c1cc1ccccc1c2-c1ccccc1. The van der Waals surface area contributed by atoms with Crippen LogP contribution in [0.25, 0.3) is 89.2 Å². The van der Waals surface area contributed by atoms with E-state index in [1.807, 2.05) is 36.4 Å². The second-order valence-electron chi connectivity index (χ2n) is 15.0. The minimum Gasteiger partial charge on any atom is -0.228 e. The molecule has 0 amide bonds. The van der Waals surface area contributed by atoms with Crippen molar-refractivity contribution >= 4 is 10.8 Å². The van der Waals surface area contributed by atoms with E-state index >= 15 is 0 Å². The van der Waals surface area contributed by atoms with Gasteiger partial charge in [0.15, 0.2) is 5.82 Å². The molecule has 0 saturated carbocycles. The molecule has 8 aromatic carbocycles. The van der Waals surface area contributed by atoms with Gasteiger partial charge in [0.25, 0.3) is 0 Å². The van der Waals surface area contributed by atoms with E-state index in [1.165, 1.54) is 60.8 Å². The summed E-state index contributed by atoms with van der Waals surface area (Å²) < 4.78 is 0. The number of hydrogen-bond acceptors (Lipinski definition) is 2. The Balaban J connectivity index is 0.972. The van der Waals surface area contributed by atoms with E-state index in [4.69, 9.17) is 9.97 Å². The third kappa shape index (κ3) is 5.75. The Hall–Kier alpha value is -6.90. The Kier molecular flexibility index (Phi) is 7.85. The highest BCUT2D eigenvalue weighted by molar-refractivity contribution is 6.08. The molecule has 2 nitrogen and oxygen atoms in total. The maximum atomic E-state index is 5.02. The quantitative estimate of drug-likeness (QED) is 0.172. The molecule has 0 atom stereocenters. The maximum Gasteiger partial charge on any atom is 0.160 e. The fraction of sp³-hybridized carbons (Fsp3) is 0.0566. The molecule has 2 heteroatoms. The second kappa shape index (κ2) is 13.2. The van der Waals surface area contributed by atoms with Crippen LogP contribution in [0.4, 0.5) is 0 Å². The highest BCUT2D eigenvalue weighted by Gasteiger charge is 2.38. The lowest BCUT2D eigenvalue weighted by Gasteiger charge is -2.23. The number of benzene rings is 8. The van der Waals surface area contributed by atoms with Gasteiger partial charge in [-0.2, -0.15) is 0 Å². The van der Waals surface area contributed by atoms with Gasteiger partial charge >= 0.3 is 0 Å². The summed E-state index contributed by atoms with van der Waals surface area (Å²) in [5, 5.41) is 2.59. The molecule has 0 N–H and O–H groups in total. The van der Waals surface area contributed by atoms with Crippen LogP contribution in [-0.4, -0.2) is 9.97 Å². The van der Waals surface area contributed by atoms with Gasteiger partial charge in [-0.05, 0) is 84.6 Å². The molecule has 9 aromatic rings. The van der Waals surface area contributed by atoms with Crippen molar-refractivity contribution < 1.29 is 0 Å². The summed E-state index contributed by atoms with van der Waals surface area (Å²) in [6.45, 7) is 4.76. The third-order valence-corrected chi connectivity index (χ3v) is 11.3. The molecule has 1 heterocycles. The minimum absolute atomic E-state index is 0.137. The van der Waals surface area contributed by atoms with Gasteiger partial charge in [-0.25, -0.2) is 9.97 Å². The molecule has 10 rings (SSSR count). The number of fused-ring (bicyclic) bond motifs is 4. The monoisotopic (exact) mass is 702 g/mol. The Bertz CT molecular complexity index is 2780. The van der Waals surface area contributed by atoms with Crippen molar-refractivity contribution in [2.45, 2.75) is 19.3 Å². The van der Waals surface area contributed by atoms with Gasteiger partial charge in [-0.3, -0.25) is 0 Å². The zero-order chi connectivity index (χ0) is 36.9. The highest BCUT2D eigenvalue weighted by Crippen LogP contribution is 2.55. The molecule has 0 radical (unpaired) electrons. The lowest BCUT2D eigenvalue weighted by Crippen LogP contribution is -2.15. The van der Waals surface area contributed by atoms with Crippen LogP contribution in [0.15, 0.2) is 194 Å². The van der Waals surface area contributed by atoms with Crippen LogP contribution in [0.3, 0.4) is 0 Å². The van der Waals surface area contributed by atoms with Crippen LogP contribution < -0.4 is 0 Å². The zero-order valence-corrected chi connectivity index (χ0v) is 30.9. The van der Waals surface area contributed by atoms with Gasteiger partial charge in [0.05, 0.1) is 11.4 Å². The summed E-state index contributed by atoms with van der Waals surface area (Å²) in [7, 11) is 0. The first-order valence-corrected chi connectivity index (χ1v) is 19.0. The van der Waals surface area contributed by atoms with E-state index in [0.29, 0.717) is 5.82 Å². The second-order valence-corrected chi connectivity index (χ2v) is 15.0. The van der Waals surface area contributed by atoms with Crippen LogP contribution in [0.5, 0.6) is 0 Å². The van der Waals surface area contributed by atoms with E-state index in [0.717, 1.165) is 33.6 Å². The highest BCUT2D eigenvalue weighted by atomic mass is 14.9. The van der Waals surface area contributed by atoms with Crippen LogP contribution in [-0.2, 0) is 5.41 Å². The molecule has 0 spiro atoms.